The molecule has 0 radical (unpaired) electrons. The highest BCUT2D eigenvalue weighted by Crippen LogP contribution is 2.29. The third kappa shape index (κ3) is 3.88. The van der Waals surface area contributed by atoms with Crippen molar-refractivity contribution in [2.45, 2.75) is 32.7 Å². The summed E-state index contributed by atoms with van der Waals surface area (Å²) in [6.07, 6.45) is 3.82. The zero-order chi connectivity index (χ0) is 19.4. The Bertz CT molecular complexity index is 1010. The second-order valence-corrected chi connectivity index (χ2v) is 7.88. The fourth-order valence-electron chi connectivity index (χ4n) is 3.29. The van der Waals surface area contributed by atoms with Crippen molar-refractivity contribution in [2.24, 2.45) is 7.05 Å². The molecule has 1 atom stereocenters. The summed E-state index contributed by atoms with van der Waals surface area (Å²) < 4.78 is 3.16. The van der Waals surface area contributed by atoms with Crippen molar-refractivity contribution in [1.82, 2.24) is 19.7 Å². The highest BCUT2D eigenvalue weighted by Gasteiger charge is 2.22. The first-order chi connectivity index (χ1) is 13.1. The number of para-hydroxylation sites is 1. The molecular weight excluding hydrogens is 360 g/mol. The van der Waals surface area contributed by atoms with Gasteiger partial charge in [0.1, 0.15) is 11.6 Å². The van der Waals surface area contributed by atoms with Crippen LogP contribution in [0.2, 0.25) is 0 Å². The van der Waals surface area contributed by atoms with Crippen molar-refractivity contribution in [3.05, 3.63) is 40.8 Å². The molecule has 144 valence electrons. The fraction of sp³-hybridized carbons (Fsp3) is 0.450. The SMILES string of the molecule is CCCSCCCNC(=O)[C@@H](C)n1c2ccccc2c2cnn(C)c(=O)c21. The van der Waals surface area contributed by atoms with E-state index in [4.69, 9.17) is 0 Å². The van der Waals surface area contributed by atoms with Crippen LogP contribution in [-0.4, -0.2) is 38.3 Å². The number of aromatic nitrogens is 3. The first-order valence-corrected chi connectivity index (χ1v) is 10.5. The predicted molar refractivity (Wildman–Crippen MR) is 112 cm³/mol. The Balaban J connectivity index is 1.89. The number of hydrogen-bond donors (Lipinski definition) is 1. The molecule has 6 nitrogen and oxygen atoms in total. The predicted octanol–water partition coefficient (Wildman–Crippen LogP) is 3.10. The van der Waals surface area contributed by atoms with Gasteiger partial charge in [-0.15, -0.1) is 0 Å². The molecule has 0 unspecified atom stereocenters. The van der Waals surface area contributed by atoms with E-state index in [2.05, 4.69) is 17.3 Å². The summed E-state index contributed by atoms with van der Waals surface area (Å²) in [5.74, 6) is 2.13. The van der Waals surface area contributed by atoms with Gasteiger partial charge in [-0.05, 0) is 37.3 Å². The molecule has 1 amide bonds. The molecule has 0 aliphatic rings. The van der Waals surface area contributed by atoms with Crippen LogP contribution in [0.5, 0.6) is 0 Å². The summed E-state index contributed by atoms with van der Waals surface area (Å²) in [7, 11) is 1.63. The number of amides is 1. The molecule has 3 aromatic rings. The largest absolute Gasteiger partial charge is 0.354 e. The van der Waals surface area contributed by atoms with Gasteiger partial charge in [0.15, 0.2) is 0 Å². The van der Waals surface area contributed by atoms with Gasteiger partial charge in [0.25, 0.3) is 5.56 Å². The standard InChI is InChI=1S/C20H26N4O2S/c1-4-11-27-12-7-10-21-19(25)14(2)24-17-9-6-5-8-15(17)16-13-22-23(3)20(26)18(16)24/h5-6,8-9,13-14H,4,7,10-12H2,1-3H3,(H,21,25)/t14-/m1/s1. The fourth-order valence-corrected chi connectivity index (χ4v) is 4.13. The molecular formula is C20H26N4O2S. The molecule has 0 aliphatic heterocycles. The molecule has 0 saturated heterocycles. The average Bonchev–Trinajstić information content (AvgIpc) is 3.01. The van der Waals surface area contributed by atoms with Gasteiger partial charge in [-0.1, -0.05) is 25.1 Å². The zero-order valence-electron chi connectivity index (χ0n) is 16.1. The summed E-state index contributed by atoms with van der Waals surface area (Å²) in [4.78, 5) is 25.5. The Labute approximate surface area is 162 Å². The lowest BCUT2D eigenvalue weighted by Crippen LogP contribution is -2.33. The van der Waals surface area contributed by atoms with E-state index in [1.807, 2.05) is 47.5 Å². The lowest BCUT2D eigenvalue weighted by molar-refractivity contribution is -0.123. The van der Waals surface area contributed by atoms with E-state index in [1.165, 1.54) is 11.1 Å². The van der Waals surface area contributed by atoms with Gasteiger partial charge < -0.3 is 9.88 Å². The lowest BCUT2D eigenvalue weighted by atomic mass is 10.2. The summed E-state index contributed by atoms with van der Waals surface area (Å²) in [6, 6.07) is 7.28. The smallest absolute Gasteiger partial charge is 0.291 e. The Morgan fingerprint density at radius 1 is 1.26 bits per heavy atom. The zero-order valence-corrected chi connectivity index (χ0v) is 16.9. The van der Waals surface area contributed by atoms with E-state index >= 15 is 0 Å². The van der Waals surface area contributed by atoms with Crippen molar-refractivity contribution in [3.63, 3.8) is 0 Å². The van der Waals surface area contributed by atoms with Crippen LogP contribution >= 0.6 is 11.8 Å². The minimum Gasteiger partial charge on any atom is -0.354 e. The number of carbonyl (C=O) groups excluding carboxylic acids is 1. The van der Waals surface area contributed by atoms with Gasteiger partial charge in [-0.2, -0.15) is 16.9 Å². The van der Waals surface area contributed by atoms with Gasteiger partial charge in [0.2, 0.25) is 5.91 Å². The Morgan fingerprint density at radius 3 is 2.81 bits per heavy atom. The molecule has 27 heavy (non-hydrogen) atoms. The van der Waals surface area contributed by atoms with Gasteiger partial charge in [0, 0.05) is 24.4 Å². The minimum absolute atomic E-state index is 0.0722. The lowest BCUT2D eigenvalue weighted by Gasteiger charge is -2.16. The van der Waals surface area contributed by atoms with Crippen molar-refractivity contribution < 1.29 is 4.79 Å². The molecule has 0 bridgehead atoms. The number of carbonyl (C=O) groups is 1. The van der Waals surface area contributed by atoms with E-state index in [1.54, 1.807) is 13.2 Å². The Kier molecular flexibility index (Phi) is 6.21. The number of nitrogens with one attached hydrogen (secondary N) is 1. The Morgan fingerprint density at radius 2 is 2.04 bits per heavy atom. The van der Waals surface area contributed by atoms with Crippen LogP contribution in [0.3, 0.4) is 0 Å². The molecule has 0 fully saturated rings. The van der Waals surface area contributed by atoms with Gasteiger partial charge >= 0.3 is 0 Å². The maximum atomic E-state index is 12.8. The first-order valence-electron chi connectivity index (χ1n) is 9.36. The van der Waals surface area contributed by atoms with Gasteiger partial charge in [-0.25, -0.2) is 4.68 Å². The Hall–Kier alpha value is -2.28. The molecule has 0 aliphatic carbocycles. The van der Waals surface area contributed by atoms with Crippen LogP contribution in [0.1, 0.15) is 32.7 Å². The summed E-state index contributed by atoms with van der Waals surface area (Å²) in [5.41, 5.74) is 1.20. The third-order valence-electron chi connectivity index (χ3n) is 4.69. The van der Waals surface area contributed by atoms with E-state index < -0.39 is 6.04 Å². The molecule has 7 heteroatoms. The van der Waals surface area contributed by atoms with Crippen LogP contribution in [0.4, 0.5) is 0 Å². The minimum atomic E-state index is -0.481. The monoisotopic (exact) mass is 386 g/mol. The molecule has 2 heterocycles. The van der Waals surface area contributed by atoms with E-state index in [-0.39, 0.29) is 11.5 Å². The van der Waals surface area contributed by atoms with Crippen LogP contribution < -0.4 is 10.9 Å². The van der Waals surface area contributed by atoms with Crippen molar-refractivity contribution >= 4 is 39.5 Å². The quantitative estimate of drug-likeness (QED) is 0.604. The number of rotatable bonds is 8. The maximum absolute atomic E-state index is 12.8. The number of fused-ring (bicyclic) bond motifs is 3. The average molecular weight is 387 g/mol. The maximum Gasteiger partial charge on any atom is 0.291 e. The number of thioether (sulfide) groups is 1. The van der Waals surface area contributed by atoms with Crippen LogP contribution in [0, 0.1) is 0 Å². The van der Waals surface area contributed by atoms with E-state index in [9.17, 15) is 9.59 Å². The van der Waals surface area contributed by atoms with E-state index in [0.717, 1.165) is 34.2 Å². The van der Waals surface area contributed by atoms with Crippen LogP contribution in [-0.2, 0) is 11.8 Å². The summed E-state index contributed by atoms with van der Waals surface area (Å²) in [6.45, 7) is 4.66. The van der Waals surface area contributed by atoms with Crippen LogP contribution in [0.15, 0.2) is 35.3 Å². The first kappa shape index (κ1) is 19.5. The highest BCUT2D eigenvalue weighted by atomic mass is 32.2. The van der Waals surface area contributed by atoms with Crippen molar-refractivity contribution in [3.8, 4) is 0 Å². The molecule has 1 N–H and O–H groups in total. The molecule has 0 saturated carbocycles. The van der Waals surface area contributed by atoms with Crippen LogP contribution in [0.25, 0.3) is 21.8 Å². The third-order valence-corrected chi connectivity index (χ3v) is 5.96. The number of benzene rings is 1. The summed E-state index contributed by atoms with van der Waals surface area (Å²) >= 11 is 1.91. The number of nitrogens with zero attached hydrogens (tertiary/aromatic N) is 3. The normalized spacial score (nSPS) is 12.6. The second-order valence-electron chi connectivity index (χ2n) is 6.66. The van der Waals surface area contributed by atoms with Crippen molar-refractivity contribution in [2.75, 3.05) is 18.1 Å². The van der Waals surface area contributed by atoms with Gasteiger partial charge in [0.05, 0.1) is 11.7 Å². The molecule has 0 spiro atoms. The van der Waals surface area contributed by atoms with Crippen molar-refractivity contribution in [1.29, 1.82) is 0 Å². The molecule has 1 aromatic carbocycles. The van der Waals surface area contributed by atoms with E-state index in [0.29, 0.717) is 12.1 Å². The van der Waals surface area contributed by atoms with Gasteiger partial charge in [-0.3, -0.25) is 9.59 Å². The number of hydrogen-bond acceptors (Lipinski definition) is 4. The molecule has 2 aromatic heterocycles. The second kappa shape index (κ2) is 8.61. The number of aryl methyl sites for hydroxylation is 1. The molecule has 3 rings (SSSR count). The summed E-state index contributed by atoms with van der Waals surface area (Å²) in [5, 5.41) is 8.88. The topological polar surface area (TPSA) is 68.9 Å². The highest BCUT2D eigenvalue weighted by molar-refractivity contribution is 7.99.